The zero-order valence-corrected chi connectivity index (χ0v) is 11.6. The van der Waals surface area contributed by atoms with Gasteiger partial charge < -0.3 is 5.73 Å². The van der Waals surface area contributed by atoms with Gasteiger partial charge in [-0.2, -0.15) is 0 Å². The standard InChI is InChI=1S/C15H20N2O3/c1-2-3-4-10(13(16)18)17-14(19)11-8-5-6-9(7-8)12(11)15(17)20/h5-6,8-12H,2-4,7H2,1H3,(H2,16,18)/t8-,9-,10-,11-,12-/m0/s1. The number of nitrogens with zero attached hydrogens (tertiary/aromatic N) is 1. The molecule has 0 aromatic carbocycles. The number of likely N-dealkylation sites (tertiary alicyclic amines) is 1. The molecule has 0 aromatic heterocycles. The van der Waals surface area contributed by atoms with Gasteiger partial charge in [0.1, 0.15) is 6.04 Å². The van der Waals surface area contributed by atoms with E-state index in [1.807, 2.05) is 19.1 Å². The Bertz CT molecular complexity index is 469. The number of carbonyl (C=O) groups is 3. The number of carbonyl (C=O) groups excluding carboxylic acids is 3. The third kappa shape index (κ3) is 1.72. The molecule has 2 bridgehead atoms. The molecule has 2 aliphatic carbocycles. The van der Waals surface area contributed by atoms with Crippen LogP contribution in [0, 0.1) is 23.7 Å². The summed E-state index contributed by atoms with van der Waals surface area (Å²) < 4.78 is 0. The molecule has 108 valence electrons. The normalized spacial score (nSPS) is 35.8. The van der Waals surface area contributed by atoms with Crippen molar-refractivity contribution >= 4 is 17.7 Å². The van der Waals surface area contributed by atoms with Gasteiger partial charge in [0, 0.05) is 0 Å². The third-order valence-corrected chi connectivity index (χ3v) is 4.98. The van der Waals surface area contributed by atoms with Gasteiger partial charge >= 0.3 is 0 Å². The van der Waals surface area contributed by atoms with Crippen molar-refractivity contribution in [2.75, 3.05) is 0 Å². The molecule has 1 heterocycles. The summed E-state index contributed by atoms with van der Waals surface area (Å²) in [6, 6.07) is -0.764. The number of primary amides is 1. The molecule has 1 aliphatic heterocycles. The Hall–Kier alpha value is -1.65. The summed E-state index contributed by atoms with van der Waals surface area (Å²) in [5.74, 6) is -1.09. The van der Waals surface area contributed by atoms with Crippen LogP contribution in [0.5, 0.6) is 0 Å². The average molecular weight is 276 g/mol. The van der Waals surface area contributed by atoms with Crippen LogP contribution in [0.2, 0.25) is 0 Å². The van der Waals surface area contributed by atoms with Crippen LogP contribution in [0.15, 0.2) is 12.2 Å². The van der Waals surface area contributed by atoms with Crippen molar-refractivity contribution in [2.45, 2.75) is 38.6 Å². The molecule has 5 heteroatoms. The lowest BCUT2D eigenvalue weighted by Crippen LogP contribution is -2.49. The Morgan fingerprint density at radius 2 is 1.85 bits per heavy atom. The summed E-state index contributed by atoms with van der Waals surface area (Å²) in [5.41, 5.74) is 5.42. The lowest BCUT2D eigenvalue weighted by molar-refractivity contribution is -0.148. The summed E-state index contributed by atoms with van der Waals surface area (Å²) in [4.78, 5) is 37.9. The predicted molar refractivity (Wildman–Crippen MR) is 72.1 cm³/mol. The molecule has 0 unspecified atom stereocenters. The number of fused-ring (bicyclic) bond motifs is 5. The van der Waals surface area contributed by atoms with Crippen molar-refractivity contribution in [3.05, 3.63) is 12.2 Å². The fourth-order valence-electron chi connectivity index (χ4n) is 4.03. The van der Waals surface area contributed by atoms with E-state index in [-0.39, 0.29) is 35.5 Å². The number of nitrogens with two attached hydrogens (primary N) is 1. The summed E-state index contributed by atoms with van der Waals surface area (Å²) in [7, 11) is 0. The minimum atomic E-state index is -0.764. The second-order valence-corrected chi connectivity index (χ2v) is 6.11. The van der Waals surface area contributed by atoms with E-state index in [0.717, 1.165) is 19.3 Å². The first-order chi connectivity index (χ1) is 9.56. The lowest BCUT2D eigenvalue weighted by Gasteiger charge is -2.25. The van der Waals surface area contributed by atoms with Crippen LogP contribution in [0.25, 0.3) is 0 Å². The minimum absolute atomic E-state index is 0.172. The highest BCUT2D eigenvalue weighted by Gasteiger charge is 2.60. The molecular formula is C15H20N2O3. The van der Waals surface area contributed by atoms with Crippen LogP contribution in [-0.2, 0) is 14.4 Å². The highest BCUT2D eigenvalue weighted by molar-refractivity contribution is 6.09. The molecule has 0 aromatic rings. The third-order valence-electron chi connectivity index (χ3n) is 4.98. The second-order valence-electron chi connectivity index (χ2n) is 6.11. The van der Waals surface area contributed by atoms with Crippen molar-refractivity contribution in [2.24, 2.45) is 29.4 Å². The predicted octanol–water partition coefficient (Wildman–Crippen LogP) is 0.838. The van der Waals surface area contributed by atoms with Crippen molar-refractivity contribution in [1.82, 2.24) is 4.90 Å². The van der Waals surface area contributed by atoms with Crippen molar-refractivity contribution in [3.8, 4) is 0 Å². The van der Waals surface area contributed by atoms with Gasteiger partial charge in [0.25, 0.3) is 0 Å². The topological polar surface area (TPSA) is 80.5 Å². The second kappa shape index (κ2) is 4.72. The molecule has 1 saturated carbocycles. The first kappa shape index (κ1) is 13.3. The Balaban J connectivity index is 1.86. The number of hydrogen-bond acceptors (Lipinski definition) is 3. The maximum absolute atomic E-state index is 12.6. The number of amides is 3. The molecule has 3 rings (SSSR count). The van der Waals surface area contributed by atoms with Crippen molar-refractivity contribution in [3.63, 3.8) is 0 Å². The van der Waals surface area contributed by atoms with Crippen LogP contribution in [-0.4, -0.2) is 28.7 Å². The summed E-state index contributed by atoms with van der Waals surface area (Å²) >= 11 is 0. The van der Waals surface area contributed by atoms with Gasteiger partial charge in [-0.05, 0) is 24.7 Å². The average Bonchev–Trinajstić information content (AvgIpc) is 3.07. The quantitative estimate of drug-likeness (QED) is 0.597. The largest absolute Gasteiger partial charge is 0.368 e. The molecule has 0 spiro atoms. The fraction of sp³-hybridized carbons (Fsp3) is 0.667. The van der Waals surface area contributed by atoms with Gasteiger partial charge in [-0.3, -0.25) is 19.3 Å². The summed E-state index contributed by atoms with van der Waals surface area (Å²) in [6.07, 6.45) is 7.16. The molecule has 1 saturated heterocycles. The molecule has 20 heavy (non-hydrogen) atoms. The van der Waals surface area contributed by atoms with Gasteiger partial charge in [0.15, 0.2) is 0 Å². The molecule has 5 nitrogen and oxygen atoms in total. The van der Waals surface area contributed by atoms with Crippen LogP contribution in [0.3, 0.4) is 0 Å². The van der Waals surface area contributed by atoms with E-state index < -0.39 is 11.9 Å². The SMILES string of the molecule is CCCC[C@@H](C(N)=O)N1C(=O)[C@@H]2[C@@H](C1=O)[C@H]1C=C[C@H]2C1. The summed E-state index contributed by atoms with van der Waals surface area (Å²) in [6.45, 7) is 2.00. The number of unbranched alkanes of at least 4 members (excludes halogenated alkanes) is 1. The van der Waals surface area contributed by atoms with Gasteiger partial charge in [-0.25, -0.2) is 0 Å². The molecule has 5 atom stereocenters. The first-order valence-corrected chi connectivity index (χ1v) is 7.40. The highest BCUT2D eigenvalue weighted by Crippen LogP contribution is 2.52. The van der Waals surface area contributed by atoms with Crippen LogP contribution >= 0.6 is 0 Å². The number of allylic oxidation sites excluding steroid dienone is 2. The van der Waals surface area contributed by atoms with Crippen LogP contribution < -0.4 is 5.73 Å². The molecule has 3 aliphatic rings. The van der Waals surface area contributed by atoms with Crippen molar-refractivity contribution in [1.29, 1.82) is 0 Å². The zero-order chi connectivity index (χ0) is 14.4. The van der Waals surface area contributed by atoms with E-state index in [9.17, 15) is 14.4 Å². The molecule has 0 radical (unpaired) electrons. The molecule has 2 fully saturated rings. The number of imide groups is 1. The van der Waals surface area contributed by atoms with Crippen LogP contribution in [0.1, 0.15) is 32.6 Å². The smallest absolute Gasteiger partial charge is 0.240 e. The lowest BCUT2D eigenvalue weighted by atomic mass is 9.85. The summed E-state index contributed by atoms with van der Waals surface area (Å²) in [5, 5.41) is 0. The number of hydrogen-bond donors (Lipinski definition) is 1. The van der Waals surface area contributed by atoms with E-state index in [0.29, 0.717) is 6.42 Å². The van der Waals surface area contributed by atoms with Gasteiger partial charge in [0.2, 0.25) is 17.7 Å². The Morgan fingerprint density at radius 1 is 1.30 bits per heavy atom. The fourth-order valence-corrected chi connectivity index (χ4v) is 4.03. The zero-order valence-electron chi connectivity index (χ0n) is 11.6. The monoisotopic (exact) mass is 276 g/mol. The highest BCUT2D eigenvalue weighted by atomic mass is 16.2. The van der Waals surface area contributed by atoms with E-state index in [1.54, 1.807) is 0 Å². The van der Waals surface area contributed by atoms with E-state index in [2.05, 4.69) is 0 Å². The molecular weight excluding hydrogens is 256 g/mol. The molecule has 3 amide bonds. The Labute approximate surface area is 118 Å². The first-order valence-electron chi connectivity index (χ1n) is 7.40. The van der Waals surface area contributed by atoms with E-state index in [1.165, 1.54) is 4.90 Å². The van der Waals surface area contributed by atoms with Gasteiger partial charge in [-0.15, -0.1) is 0 Å². The minimum Gasteiger partial charge on any atom is -0.368 e. The number of rotatable bonds is 5. The van der Waals surface area contributed by atoms with Gasteiger partial charge in [-0.1, -0.05) is 31.9 Å². The van der Waals surface area contributed by atoms with Crippen molar-refractivity contribution < 1.29 is 14.4 Å². The van der Waals surface area contributed by atoms with Gasteiger partial charge in [0.05, 0.1) is 11.8 Å². The maximum Gasteiger partial charge on any atom is 0.240 e. The maximum atomic E-state index is 12.6. The van der Waals surface area contributed by atoms with E-state index in [4.69, 9.17) is 5.73 Å². The Morgan fingerprint density at radius 3 is 2.30 bits per heavy atom. The van der Waals surface area contributed by atoms with Crippen LogP contribution in [0.4, 0.5) is 0 Å². The van der Waals surface area contributed by atoms with E-state index >= 15 is 0 Å². The Kier molecular flexibility index (Phi) is 3.15. The molecule has 2 N–H and O–H groups in total.